The molecule has 1 fully saturated rings. The molecule has 1 aromatic carbocycles. The minimum absolute atomic E-state index is 0.0215. The van der Waals surface area contributed by atoms with Crippen molar-refractivity contribution in [2.75, 3.05) is 18.4 Å². The smallest absolute Gasteiger partial charge is 0.254 e. The summed E-state index contributed by atoms with van der Waals surface area (Å²) in [5.74, 6) is -0.0180. The molecule has 20 heavy (non-hydrogen) atoms. The number of carbonyl (C=O) groups is 1. The molecular weight excluding hydrogens is 390 g/mol. The lowest BCUT2D eigenvalue weighted by atomic mass is 10.0. The Morgan fingerprint density at radius 1 is 1.55 bits per heavy atom. The van der Waals surface area contributed by atoms with Crippen LogP contribution >= 0.6 is 31.9 Å². The number of morpholine rings is 1. The normalized spacial score (nSPS) is 21.8. The minimum atomic E-state index is -0.371. The fraction of sp³-hybridized carbons (Fsp3) is 0.500. The molecule has 1 aliphatic rings. The summed E-state index contributed by atoms with van der Waals surface area (Å²) in [7, 11) is 0. The lowest BCUT2D eigenvalue weighted by Gasteiger charge is -2.42. The second kappa shape index (κ2) is 6.03. The molecule has 6 heteroatoms. The average Bonchev–Trinajstić information content (AvgIpc) is 2.39. The molecule has 1 atom stereocenters. The van der Waals surface area contributed by atoms with Crippen molar-refractivity contribution in [2.45, 2.75) is 25.6 Å². The number of carbonyl (C=O) groups excluding carboxylic acids is 1. The summed E-state index contributed by atoms with van der Waals surface area (Å²) >= 11 is 6.62. The van der Waals surface area contributed by atoms with E-state index in [0.717, 1.165) is 0 Å². The summed E-state index contributed by atoms with van der Waals surface area (Å²) in [6, 6.07) is 4.87. The molecule has 0 spiro atoms. The van der Waals surface area contributed by atoms with Gasteiger partial charge in [-0.1, -0.05) is 15.9 Å². The van der Waals surface area contributed by atoms with Crippen molar-refractivity contribution in [1.29, 1.82) is 0 Å². The van der Waals surface area contributed by atoms with Crippen LogP contribution in [0.3, 0.4) is 0 Å². The van der Waals surface area contributed by atoms with Crippen LogP contribution in [0.15, 0.2) is 22.7 Å². The SMILES string of the molecule is CC1(C)CN(C(=O)c2ccc(Br)c(O)c2)CC(CBr)O1. The van der Waals surface area contributed by atoms with Crippen LogP contribution in [0.1, 0.15) is 24.2 Å². The van der Waals surface area contributed by atoms with E-state index < -0.39 is 0 Å². The molecule has 2 rings (SSSR count). The molecule has 0 bridgehead atoms. The lowest BCUT2D eigenvalue weighted by Crippen LogP contribution is -2.55. The van der Waals surface area contributed by atoms with Crippen molar-refractivity contribution in [2.24, 2.45) is 0 Å². The Labute approximate surface area is 135 Å². The number of aromatic hydroxyl groups is 1. The predicted octanol–water partition coefficient (Wildman–Crippen LogP) is 3.17. The van der Waals surface area contributed by atoms with Gasteiger partial charge in [-0.25, -0.2) is 0 Å². The quantitative estimate of drug-likeness (QED) is 0.767. The molecule has 1 heterocycles. The highest BCUT2D eigenvalue weighted by molar-refractivity contribution is 9.10. The third-order valence-corrected chi connectivity index (χ3v) is 4.53. The maximum atomic E-state index is 12.5. The minimum Gasteiger partial charge on any atom is -0.507 e. The van der Waals surface area contributed by atoms with E-state index in [-0.39, 0.29) is 23.4 Å². The highest BCUT2D eigenvalue weighted by atomic mass is 79.9. The maximum absolute atomic E-state index is 12.5. The number of phenolic OH excluding ortho intramolecular Hbond substituents is 1. The Hall–Kier alpha value is -0.590. The van der Waals surface area contributed by atoms with Gasteiger partial charge in [0.1, 0.15) is 5.75 Å². The molecule has 1 unspecified atom stereocenters. The lowest BCUT2D eigenvalue weighted by molar-refractivity contribution is -0.116. The van der Waals surface area contributed by atoms with Crippen LogP contribution in [-0.2, 0) is 4.74 Å². The van der Waals surface area contributed by atoms with Gasteiger partial charge in [0, 0.05) is 24.0 Å². The van der Waals surface area contributed by atoms with Crippen LogP contribution < -0.4 is 0 Å². The van der Waals surface area contributed by atoms with Crippen LogP contribution in [0.4, 0.5) is 0 Å². The van der Waals surface area contributed by atoms with E-state index in [0.29, 0.717) is 28.5 Å². The number of hydrogen-bond donors (Lipinski definition) is 1. The first-order valence-electron chi connectivity index (χ1n) is 6.34. The van der Waals surface area contributed by atoms with E-state index in [1.165, 1.54) is 6.07 Å². The van der Waals surface area contributed by atoms with E-state index >= 15 is 0 Å². The standard InChI is InChI=1S/C14H17Br2NO3/c1-14(2)8-17(7-10(6-15)20-14)13(19)9-3-4-11(16)12(18)5-9/h3-5,10,18H,6-8H2,1-2H3. The van der Waals surface area contributed by atoms with Crippen molar-refractivity contribution in [1.82, 2.24) is 4.90 Å². The van der Waals surface area contributed by atoms with Crippen molar-refractivity contribution < 1.29 is 14.6 Å². The Balaban J connectivity index is 2.21. The molecule has 1 N–H and O–H groups in total. The number of hydrogen-bond acceptors (Lipinski definition) is 3. The fourth-order valence-electron chi connectivity index (χ4n) is 2.36. The monoisotopic (exact) mass is 405 g/mol. The van der Waals surface area contributed by atoms with Crippen LogP contribution in [0, 0.1) is 0 Å². The average molecular weight is 407 g/mol. The maximum Gasteiger partial charge on any atom is 0.254 e. The van der Waals surface area contributed by atoms with E-state index in [1.807, 2.05) is 13.8 Å². The van der Waals surface area contributed by atoms with E-state index in [1.54, 1.807) is 17.0 Å². The van der Waals surface area contributed by atoms with Crippen LogP contribution in [-0.4, -0.2) is 46.0 Å². The molecule has 0 radical (unpaired) electrons. The highest BCUT2D eigenvalue weighted by Crippen LogP contribution is 2.27. The zero-order chi connectivity index (χ0) is 14.9. The topological polar surface area (TPSA) is 49.8 Å². The first-order valence-corrected chi connectivity index (χ1v) is 8.25. The molecule has 1 saturated heterocycles. The molecular formula is C14H17Br2NO3. The van der Waals surface area contributed by atoms with Crippen molar-refractivity contribution >= 4 is 37.8 Å². The largest absolute Gasteiger partial charge is 0.507 e. The molecule has 1 amide bonds. The molecule has 1 aromatic rings. The van der Waals surface area contributed by atoms with Crippen LogP contribution in [0.5, 0.6) is 5.75 Å². The molecule has 110 valence electrons. The van der Waals surface area contributed by atoms with Gasteiger partial charge >= 0.3 is 0 Å². The molecule has 0 aliphatic carbocycles. The second-order valence-electron chi connectivity index (χ2n) is 5.51. The summed E-state index contributed by atoms with van der Waals surface area (Å²) in [5, 5.41) is 10.4. The molecule has 0 aromatic heterocycles. The number of nitrogens with zero attached hydrogens (tertiary/aromatic N) is 1. The van der Waals surface area contributed by atoms with Gasteiger partial charge in [-0.3, -0.25) is 4.79 Å². The Morgan fingerprint density at radius 2 is 2.25 bits per heavy atom. The number of phenols is 1. The zero-order valence-corrected chi connectivity index (χ0v) is 14.6. The highest BCUT2D eigenvalue weighted by Gasteiger charge is 2.35. The second-order valence-corrected chi connectivity index (χ2v) is 7.01. The number of alkyl halides is 1. The Bertz CT molecular complexity index is 519. The number of rotatable bonds is 2. The Kier molecular flexibility index (Phi) is 4.76. The van der Waals surface area contributed by atoms with Gasteiger partial charge in [-0.2, -0.15) is 0 Å². The van der Waals surface area contributed by atoms with E-state index in [2.05, 4.69) is 31.9 Å². The van der Waals surface area contributed by atoms with Crippen molar-refractivity contribution in [3.63, 3.8) is 0 Å². The van der Waals surface area contributed by atoms with Gasteiger partial charge in [0.2, 0.25) is 0 Å². The van der Waals surface area contributed by atoms with Gasteiger partial charge < -0.3 is 14.7 Å². The zero-order valence-electron chi connectivity index (χ0n) is 11.4. The number of halogens is 2. The van der Waals surface area contributed by atoms with Gasteiger partial charge in [0.05, 0.1) is 16.2 Å². The van der Waals surface area contributed by atoms with Gasteiger partial charge in [-0.05, 0) is 48.0 Å². The summed E-state index contributed by atoms with van der Waals surface area (Å²) in [6.45, 7) is 5.03. The third-order valence-electron chi connectivity index (χ3n) is 3.13. The van der Waals surface area contributed by atoms with Gasteiger partial charge in [-0.15, -0.1) is 0 Å². The van der Waals surface area contributed by atoms with Crippen molar-refractivity contribution in [3.05, 3.63) is 28.2 Å². The van der Waals surface area contributed by atoms with Crippen molar-refractivity contribution in [3.8, 4) is 5.75 Å². The summed E-state index contributed by atoms with van der Waals surface area (Å²) in [5.41, 5.74) is 0.112. The summed E-state index contributed by atoms with van der Waals surface area (Å²) in [6.07, 6.45) is -0.0215. The van der Waals surface area contributed by atoms with Crippen LogP contribution in [0.2, 0.25) is 0 Å². The molecule has 1 aliphatic heterocycles. The number of ether oxygens (including phenoxy) is 1. The predicted molar refractivity (Wildman–Crippen MR) is 84.5 cm³/mol. The molecule has 0 saturated carbocycles. The van der Waals surface area contributed by atoms with Crippen LogP contribution in [0.25, 0.3) is 0 Å². The first-order chi connectivity index (χ1) is 9.32. The summed E-state index contributed by atoms with van der Waals surface area (Å²) in [4.78, 5) is 14.3. The third kappa shape index (κ3) is 3.54. The van der Waals surface area contributed by atoms with E-state index in [9.17, 15) is 9.90 Å². The number of benzene rings is 1. The van der Waals surface area contributed by atoms with E-state index in [4.69, 9.17) is 4.74 Å². The first kappa shape index (κ1) is 15.8. The molecule has 4 nitrogen and oxygen atoms in total. The summed E-state index contributed by atoms with van der Waals surface area (Å²) < 4.78 is 6.46. The Morgan fingerprint density at radius 3 is 2.85 bits per heavy atom. The fourth-order valence-corrected chi connectivity index (χ4v) is 2.94. The van der Waals surface area contributed by atoms with Gasteiger partial charge in [0.15, 0.2) is 0 Å². The van der Waals surface area contributed by atoms with Gasteiger partial charge in [0.25, 0.3) is 5.91 Å². The number of amides is 1.